The van der Waals surface area contributed by atoms with Crippen molar-refractivity contribution < 1.29 is 4.79 Å². The largest absolute Gasteiger partial charge is 0.383 e. The van der Waals surface area contributed by atoms with Crippen LogP contribution in [-0.2, 0) is 0 Å². The second-order valence-electron chi connectivity index (χ2n) is 5.90. The molecule has 4 aromatic rings. The van der Waals surface area contributed by atoms with Crippen LogP contribution in [0.4, 0.5) is 5.82 Å². The predicted octanol–water partition coefficient (Wildman–Crippen LogP) is 4.24. The lowest BCUT2D eigenvalue weighted by atomic mass is 10.2. The van der Waals surface area contributed by atoms with Gasteiger partial charge in [0.2, 0.25) is 0 Å². The molecule has 0 amide bonds. The summed E-state index contributed by atoms with van der Waals surface area (Å²) < 4.78 is 2.66. The van der Waals surface area contributed by atoms with Crippen molar-refractivity contribution in [2.45, 2.75) is 13.8 Å². The van der Waals surface area contributed by atoms with Crippen molar-refractivity contribution in [3.8, 4) is 16.3 Å². The van der Waals surface area contributed by atoms with Gasteiger partial charge in [0.25, 0.3) is 0 Å². The number of ketones is 1. The highest BCUT2D eigenvalue weighted by molar-refractivity contribution is 7.21. The smallest absolute Gasteiger partial charge is 0.180 e. The van der Waals surface area contributed by atoms with Crippen molar-refractivity contribution in [3.05, 3.63) is 59.8 Å². The van der Waals surface area contributed by atoms with Gasteiger partial charge in [-0.3, -0.25) is 4.79 Å². The quantitative estimate of drug-likeness (QED) is 0.562. The number of para-hydroxylation sites is 1. The number of nitrogens with zero attached hydrogens (tertiary/aromatic N) is 3. The first kappa shape index (κ1) is 15.5. The number of rotatable bonds is 3. The molecule has 0 spiro atoms. The lowest BCUT2D eigenvalue weighted by Gasteiger charge is -2.04. The van der Waals surface area contributed by atoms with E-state index in [1.807, 2.05) is 55.5 Å². The average molecular weight is 348 g/mol. The van der Waals surface area contributed by atoms with E-state index in [0.29, 0.717) is 22.1 Å². The van der Waals surface area contributed by atoms with E-state index in [9.17, 15) is 4.79 Å². The van der Waals surface area contributed by atoms with Crippen molar-refractivity contribution in [3.63, 3.8) is 0 Å². The zero-order chi connectivity index (χ0) is 17.6. The maximum Gasteiger partial charge on any atom is 0.180 e. The molecule has 5 nitrogen and oxygen atoms in total. The summed E-state index contributed by atoms with van der Waals surface area (Å²) in [6.45, 7) is 3.52. The normalized spacial score (nSPS) is 11.1. The van der Waals surface area contributed by atoms with E-state index in [1.165, 1.54) is 18.3 Å². The lowest BCUT2D eigenvalue weighted by molar-refractivity contribution is 0.101. The first-order valence-electron chi connectivity index (χ1n) is 7.87. The summed E-state index contributed by atoms with van der Waals surface area (Å²) in [4.78, 5) is 16.8. The molecule has 0 radical (unpaired) electrons. The van der Waals surface area contributed by atoms with Crippen LogP contribution in [0.5, 0.6) is 0 Å². The number of nitrogens with two attached hydrogens (primary N) is 1. The molecule has 124 valence electrons. The molecule has 2 N–H and O–H groups in total. The molecule has 0 fully saturated rings. The number of hydrogen-bond acceptors (Lipinski definition) is 5. The van der Waals surface area contributed by atoms with E-state index in [2.05, 4.69) is 10.1 Å². The van der Waals surface area contributed by atoms with Crippen LogP contribution in [0.2, 0.25) is 0 Å². The fourth-order valence-corrected chi connectivity index (χ4v) is 3.77. The number of benzene rings is 2. The zero-order valence-electron chi connectivity index (χ0n) is 13.9. The molecule has 2 aromatic carbocycles. The van der Waals surface area contributed by atoms with Crippen LogP contribution in [0, 0.1) is 6.92 Å². The van der Waals surface area contributed by atoms with Gasteiger partial charge >= 0.3 is 0 Å². The Kier molecular flexibility index (Phi) is 3.62. The van der Waals surface area contributed by atoms with E-state index >= 15 is 0 Å². The third-order valence-electron chi connectivity index (χ3n) is 4.04. The van der Waals surface area contributed by atoms with Gasteiger partial charge in [-0.2, -0.15) is 5.10 Å². The molecule has 4 rings (SSSR count). The number of hydrogen-bond donors (Lipinski definition) is 1. The van der Waals surface area contributed by atoms with Crippen LogP contribution < -0.4 is 5.73 Å². The fraction of sp³-hybridized carbons (Fsp3) is 0.105. The molecule has 0 aliphatic heterocycles. The monoisotopic (exact) mass is 348 g/mol. The number of fused-ring (bicyclic) bond motifs is 1. The Morgan fingerprint density at radius 3 is 2.52 bits per heavy atom. The third-order valence-corrected chi connectivity index (χ3v) is 5.09. The second-order valence-corrected chi connectivity index (χ2v) is 6.93. The first-order valence-corrected chi connectivity index (χ1v) is 8.68. The van der Waals surface area contributed by atoms with Crippen molar-refractivity contribution in [1.82, 2.24) is 14.8 Å². The summed E-state index contributed by atoms with van der Waals surface area (Å²) in [5.41, 5.74) is 10.2. The molecule has 0 bridgehead atoms. The van der Waals surface area contributed by atoms with E-state index in [1.54, 1.807) is 4.68 Å². The van der Waals surface area contributed by atoms with Gasteiger partial charge in [-0.1, -0.05) is 29.8 Å². The van der Waals surface area contributed by atoms with Gasteiger partial charge in [0, 0.05) is 6.92 Å². The molecule has 0 atom stereocenters. The molecular formula is C19H16N4OS. The number of aromatic nitrogens is 3. The number of aryl methyl sites for hydroxylation is 1. The lowest BCUT2D eigenvalue weighted by Crippen LogP contribution is -2.02. The summed E-state index contributed by atoms with van der Waals surface area (Å²) in [6, 6.07) is 15.7. The van der Waals surface area contributed by atoms with Crippen molar-refractivity contribution in [2.75, 3.05) is 5.73 Å². The van der Waals surface area contributed by atoms with Gasteiger partial charge in [0.1, 0.15) is 16.5 Å². The van der Waals surface area contributed by atoms with Crippen LogP contribution in [0.15, 0.2) is 48.5 Å². The number of Topliss-reactive ketones (excluding diaryl/α,β-unsaturated/α-hetero) is 1. The van der Waals surface area contributed by atoms with E-state index in [0.717, 1.165) is 21.5 Å². The Bertz CT molecular complexity index is 1060. The van der Waals surface area contributed by atoms with E-state index in [-0.39, 0.29) is 5.78 Å². The average Bonchev–Trinajstić information content (AvgIpc) is 3.16. The topological polar surface area (TPSA) is 73.8 Å². The Labute approximate surface area is 148 Å². The molecule has 25 heavy (non-hydrogen) atoms. The van der Waals surface area contributed by atoms with Gasteiger partial charge in [0.05, 0.1) is 21.5 Å². The minimum atomic E-state index is -0.133. The minimum Gasteiger partial charge on any atom is -0.383 e. The third kappa shape index (κ3) is 2.60. The Hall–Kier alpha value is -2.99. The van der Waals surface area contributed by atoms with Crippen LogP contribution in [-0.4, -0.2) is 20.5 Å². The number of anilines is 1. The maximum atomic E-state index is 12.2. The minimum absolute atomic E-state index is 0.133. The van der Waals surface area contributed by atoms with Crippen molar-refractivity contribution in [1.29, 1.82) is 0 Å². The summed E-state index contributed by atoms with van der Waals surface area (Å²) in [5, 5.41) is 5.17. The molecule has 6 heteroatoms. The molecule has 0 aliphatic rings. The summed E-state index contributed by atoms with van der Waals surface area (Å²) in [7, 11) is 0. The molecule has 2 aromatic heterocycles. The fourth-order valence-electron chi connectivity index (χ4n) is 2.75. The highest BCUT2D eigenvalue weighted by Crippen LogP contribution is 2.36. The number of carbonyl (C=O) groups excluding carboxylic acids is 1. The SMILES string of the molecule is CC(=O)c1nn(-c2ccc(C)cc2)c(N)c1-c1nc2ccccc2s1. The Balaban J connectivity index is 1.94. The van der Waals surface area contributed by atoms with E-state index in [4.69, 9.17) is 5.73 Å². The predicted molar refractivity (Wildman–Crippen MR) is 101 cm³/mol. The molecule has 0 saturated carbocycles. The number of thiazole rings is 1. The van der Waals surface area contributed by atoms with Gasteiger partial charge < -0.3 is 5.73 Å². The second kappa shape index (κ2) is 5.82. The van der Waals surface area contributed by atoms with Gasteiger partial charge in [-0.25, -0.2) is 9.67 Å². The number of carbonyl (C=O) groups is 1. The first-order chi connectivity index (χ1) is 12.0. The maximum absolute atomic E-state index is 12.2. The van der Waals surface area contributed by atoms with Crippen LogP contribution in [0.3, 0.4) is 0 Å². The van der Waals surface area contributed by atoms with Crippen molar-refractivity contribution in [2.24, 2.45) is 0 Å². The Morgan fingerprint density at radius 1 is 1.12 bits per heavy atom. The van der Waals surface area contributed by atoms with Gasteiger partial charge in [-0.05, 0) is 31.2 Å². The molecule has 2 heterocycles. The molecule has 0 aliphatic carbocycles. The zero-order valence-corrected chi connectivity index (χ0v) is 14.7. The highest BCUT2D eigenvalue weighted by Gasteiger charge is 2.23. The summed E-state index contributed by atoms with van der Waals surface area (Å²) >= 11 is 1.51. The molecular weight excluding hydrogens is 332 g/mol. The summed E-state index contributed by atoms with van der Waals surface area (Å²) in [6.07, 6.45) is 0. The van der Waals surface area contributed by atoms with Crippen molar-refractivity contribution >= 4 is 33.2 Å². The Morgan fingerprint density at radius 2 is 1.84 bits per heavy atom. The van der Waals surface area contributed by atoms with Crippen LogP contribution in [0.25, 0.3) is 26.5 Å². The van der Waals surface area contributed by atoms with Crippen LogP contribution in [0.1, 0.15) is 23.0 Å². The number of nitrogen functional groups attached to an aromatic ring is 1. The molecule has 0 unspecified atom stereocenters. The summed E-state index contributed by atoms with van der Waals surface area (Å²) in [5.74, 6) is 0.292. The van der Waals surface area contributed by atoms with Crippen LogP contribution >= 0.6 is 11.3 Å². The van der Waals surface area contributed by atoms with Gasteiger partial charge in [0.15, 0.2) is 5.78 Å². The molecule has 0 saturated heterocycles. The standard InChI is InChI=1S/C19H16N4OS/c1-11-7-9-13(10-8-11)23-18(20)16(17(22-23)12(2)24)19-21-14-5-3-4-6-15(14)25-19/h3-10H,20H2,1-2H3. The van der Waals surface area contributed by atoms with E-state index < -0.39 is 0 Å². The van der Waals surface area contributed by atoms with Gasteiger partial charge in [-0.15, -0.1) is 11.3 Å². The highest BCUT2D eigenvalue weighted by atomic mass is 32.1.